The Kier molecular flexibility index (Phi) is 6.36. The normalized spacial score (nSPS) is 15.4. The van der Waals surface area contributed by atoms with Gasteiger partial charge < -0.3 is 0 Å². The van der Waals surface area contributed by atoms with E-state index in [1.165, 1.54) is 0 Å². The van der Waals surface area contributed by atoms with Crippen LogP contribution in [0.2, 0.25) is 0 Å². The lowest BCUT2D eigenvalue weighted by Gasteiger charge is -2.37. The van der Waals surface area contributed by atoms with Gasteiger partial charge in [0.05, 0.1) is 0 Å². The first-order valence-electron chi connectivity index (χ1n) is 6.25. The summed E-state index contributed by atoms with van der Waals surface area (Å²) in [4.78, 5) is 0. The Bertz CT molecular complexity index is 386. The number of hydrogen-bond donors (Lipinski definition) is 1. The number of nitrogens with one attached hydrogen (secondary N) is 1. The van der Waals surface area contributed by atoms with E-state index in [4.69, 9.17) is 0 Å². The quantitative estimate of drug-likeness (QED) is 0.358. The van der Waals surface area contributed by atoms with Crippen molar-refractivity contribution in [1.29, 1.82) is 0 Å². The SMILES string of the molecule is CC(C)CCCNC(F)(F)C(F)(F)C(F)(F)C(F)(F)C(F)(F)F. The van der Waals surface area contributed by atoms with E-state index in [0.717, 1.165) is 0 Å². The van der Waals surface area contributed by atoms with Gasteiger partial charge >= 0.3 is 30.0 Å². The van der Waals surface area contributed by atoms with Gasteiger partial charge in [0.2, 0.25) is 0 Å². The molecule has 0 bridgehead atoms. The molecule has 0 unspecified atom stereocenters. The van der Waals surface area contributed by atoms with Crippen LogP contribution in [-0.2, 0) is 0 Å². The van der Waals surface area contributed by atoms with E-state index in [1.807, 2.05) is 0 Å². The third-order valence-electron chi connectivity index (χ3n) is 2.84. The second-order valence-corrected chi connectivity index (χ2v) is 5.26. The molecule has 0 atom stereocenters. The fourth-order valence-electron chi connectivity index (χ4n) is 1.44. The smallest absolute Gasteiger partial charge is 0.253 e. The summed E-state index contributed by atoms with van der Waals surface area (Å²) < 4.78 is 138. The minimum absolute atomic E-state index is 0.0538. The van der Waals surface area contributed by atoms with Crippen molar-refractivity contribution in [3.63, 3.8) is 0 Å². The van der Waals surface area contributed by atoms with Gasteiger partial charge in [0.15, 0.2) is 0 Å². The first-order chi connectivity index (χ1) is 9.92. The molecule has 0 radical (unpaired) electrons. The molecule has 0 saturated heterocycles. The summed E-state index contributed by atoms with van der Waals surface area (Å²) >= 11 is 0. The van der Waals surface area contributed by atoms with Crippen LogP contribution in [0.25, 0.3) is 0 Å². The zero-order chi connectivity index (χ0) is 18.9. The molecule has 1 N–H and O–H groups in total. The summed E-state index contributed by atoms with van der Waals surface area (Å²) in [5.41, 5.74) is 0. The molecule has 0 aliphatic carbocycles. The number of halogens is 11. The van der Waals surface area contributed by atoms with Gasteiger partial charge in [-0.05, 0) is 18.8 Å². The van der Waals surface area contributed by atoms with Crippen LogP contribution in [0.3, 0.4) is 0 Å². The molecule has 0 fully saturated rings. The predicted molar refractivity (Wildman–Crippen MR) is 57.9 cm³/mol. The molecule has 23 heavy (non-hydrogen) atoms. The standard InChI is InChI=1S/C11H14F11N/c1-6(2)4-3-5-23-11(21,22)9(16,17)7(12,13)8(14,15)10(18,19)20/h6,23H,3-5H2,1-2H3. The van der Waals surface area contributed by atoms with Crippen molar-refractivity contribution in [2.75, 3.05) is 6.54 Å². The zero-order valence-corrected chi connectivity index (χ0v) is 11.9. The predicted octanol–water partition coefficient (Wildman–Crippen LogP) is 5.07. The number of rotatable bonds is 8. The molecule has 0 saturated carbocycles. The second kappa shape index (κ2) is 6.60. The highest BCUT2D eigenvalue weighted by Gasteiger charge is 2.87. The lowest BCUT2D eigenvalue weighted by atomic mass is 10.0. The zero-order valence-electron chi connectivity index (χ0n) is 11.9. The lowest BCUT2D eigenvalue weighted by Crippen LogP contribution is -2.69. The molecule has 140 valence electrons. The molecule has 0 aromatic carbocycles. The van der Waals surface area contributed by atoms with Crippen LogP contribution in [-0.4, -0.2) is 36.5 Å². The molecule has 0 aromatic heterocycles. The molecule has 0 amide bonds. The van der Waals surface area contributed by atoms with Crippen LogP contribution in [0.15, 0.2) is 0 Å². The summed E-state index contributed by atoms with van der Waals surface area (Å²) in [6, 6.07) is -5.97. The maximum atomic E-state index is 13.1. The van der Waals surface area contributed by atoms with E-state index in [0.29, 0.717) is 5.32 Å². The Balaban J connectivity index is 5.34. The van der Waals surface area contributed by atoms with Crippen LogP contribution in [0, 0.1) is 5.92 Å². The summed E-state index contributed by atoms with van der Waals surface area (Å²) in [5.74, 6) is -21.7. The van der Waals surface area contributed by atoms with Crippen molar-refractivity contribution >= 4 is 0 Å². The topological polar surface area (TPSA) is 12.0 Å². The van der Waals surface area contributed by atoms with Crippen molar-refractivity contribution in [3.8, 4) is 0 Å². The highest BCUT2D eigenvalue weighted by molar-refractivity contribution is 5.05. The molecular formula is C11H14F11N. The van der Waals surface area contributed by atoms with Gasteiger partial charge in [-0.1, -0.05) is 13.8 Å². The molecule has 0 rings (SSSR count). The number of hydrogen-bond acceptors (Lipinski definition) is 1. The average Bonchev–Trinajstić information content (AvgIpc) is 2.32. The van der Waals surface area contributed by atoms with Gasteiger partial charge in [-0.2, -0.15) is 48.3 Å². The Labute approximate surface area is 124 Å². The molecule has 0 aliphatic heterocycles. The first-order valence-corrected chi connectivity index (χ1v) is 6.25. The molecule has 0 aliphatic rings. The van der Waals surface area contributed by atoms with E-state index < -0.39 is 36.5 Å². The molecular weight excluding hydrogens is 355 g/mol. The first kappa shape index (κ1) is 22.2. The Morgan fingerprint density at radius 3 is 1.48 bits per heavy atom. The molecule has 0 spiro atoms. The largest absolute Gasteiger partial charge is 0.460 e. The van der Waals surface area contributed by atoms with Crippen LogP contribution < -0.4 is 5.32 Å². The van der Waals surface area contributed by atoms with Gasteiger partial charge in [-0.3, -0.25) is 5.32 Å². The van der Waals surface area contributed by atoms with Gasteiger partial charge in [-0.25, -0.2) is 0 Å². The maximum absolute atomic E-state index is 13.1. The summed E-state index contributed by atoms with van der Waals surface area (Å²) in [6.07, 6.45) is -7.12. The van der Waals surface area contributed by atoms with Gasteiger partial charge in [0, 0.05) is 6.54 Å². The van der Waals surface area contributed by atoms with Crippen molar-refractivity contribution in [3.05, 3.63) is 0 Å². The molecule has 1 nitrogen and oxygen atoms in total. The second-order valence-electron chi connectivity index (χ2n) is 5.26. The van der Waals surface area contributed by atoms with E-state index in [9.17, 15) is 48.3 Å². The lowest BCUT2D eigenvalue weighted by molar-refractivity contribution is -0.425. The van der Waals surface area contributed by atoms with Gasteiger partial charge in [0.1, 0.15) is 0 Å². The Morgan fingerprint density at radius 2 is 1.13 bits per heavy atom. The summed E-state index contributed by atoms with van der Waals surface area (Å²) in [5, 5.41) is 0.620. The van der Waals surface area contributed by atoms with Crippen molar-refractivity contribution < 1.29 is 48.3 Å². The average molecular weight is 369 g/mol. The third kappa shape index (κ3) is 4.18. The summed E-state index contributed by atoms with van der Waals surface area (Å²) in [7, 11) is 0. The Hall–Kier alpha value is -0.810. The molecule has 0 heterocycles. The monoisotopic (exact) mass is 369 g/mol. The maximum Gasteiger partial charge on any atom is 0.460 e. The fraction of sp³-hybridized carbons (Fsp3) is 1.00. The highest BCUT2D eigenvalue weighted by atomic mass is 19.4. The summed E-state index contributed by atoms with van der Waals surface area (Å²) in [6.45, 7) is 2.28. The fourth-order valence-corrected chi connectivity index (χ4v) is 1.44. The van der Waals surface area contributed by atoms with Crippen LogP contribution in [0.1, 0.15) is 26.7 Å². The van der Waals surface area contributed by atoms with E-state index in [1.54, 1.807) is 13.8 Å². The minimum atomic E-state index is -7.35. The van der Waals surface area contributed by atoms with Gasteiger partial charge in [0.25, 0.3) is 0 Å². The van der Waals surface area contributed by atoms with E-state index >= 15 is 0 Å². The van der Waals surface area contributed by atoms with Crippen LogP contribution in [0.4, 0.5) is 48.3 Å². The third-order valence-corrected chi connectivity index (χ3v) is 2.84. The Morgan fingerprint density at radius 1 is 0.696 bits per heavy atom. The van der Waals surface area contributed by atoms with Crippen molar-refractivity contribution in [2.45, 2.75) is 56.7 Å². The van der Waals surface area contributed by atoms with E-state index in [2.05, 4.69) is 0 Å². The van der Waals surface area contributed by atoms with Crippen molar-refractivity contribution in [1.82, 2.24) is 5.32 Å². The highest BCUT2D eigenvalue weighted by Crippen LogP contribution is 2.56. The minimum Gasteiger partial charge on any atom is -0.253 e. The molecule has 0 aromatic rings. The number of alkyl halides is 11. The van der Waals surface area contributed by atoms with Gasteiger partial charge in [-0.15, -0.1) is 0 Å². The van der Waals surface area contributed by atoms with Crippen LogP contribution >= 0.6 is 0 Å². The molecule has 12 heteroatoms. The van der Waals surface area contributed by atoms with E-state index in [-0.39, 0.29) is 18.8 Å². The van der Waals surface area contributed by atoms with Crippen molar-refractivity contribution in [2.24, 2.45) is 5.92 Å². The van der Waals surface area contributed by atoms with Crippen LogP contribution in [0.5, 0.6) is 0 Å².